The molecular formula is C28H37N3O4. The highest BCUT2D eigenvalue weighted by Crippen LogP contribution is 2.25. The van der Waals surface area contributed by atoms with Gasteiger partial charge >= 0.3 is 12.0 Å². The van der Waals surface area contributed by atoms with Crippen LogP contribution in [0, 0.1) is 12.8 Å². The zero-order chi connectivity index (χ0) is 25.5. The summed E-state index contributed by atoms with van der Waals surface area (Å²) < 4.78 is 5.26. The van der Waals surface area contributed by atoms with Crippen molar-refractivity contribution in [1.29, 1.82) is 0 Å². The van der Waals surface area contributed by atoms with E-state index in [4.69, 9.17) is 4.74 Å². The summed E-state index contributed by atoms with van der Waals surface area (Å²) in [6, 6.07) is 13.3. The number of nitrogens with one attached hydrogen (secondary N) is 1. The van der Waals surface area contributed by atoms with Crippen LogP contribution < -0.4 is 15.1 Å². The predicted molar refractivity (Wildman–Crippen MR) is 139 cm³/mol. The fourth-order valence-electron chi connectivity index (χ4n) is 4.14. The molecule has 1 fully saturated rings. The Morgan fingerprint density at radius 3 is 2.29 bits per heavy atom. The molecule has 1 saturated carbocycles. The maximum absolute atomic E-state index is 13.2. The number of carbonyl (C=O) groups excluding carboxylic acids is 3. The Morgan fingerprint density at radius 2 is 1.74 bits per heavy atom. The second-order valence-electron chi connectivity index (χ2n) is 9.70. The predicted octanol–water partition coefficient (Wildman–Crippen LogP) is 4.99. The zero-order valence-corrected chi connectivity index (χ0v) is 21.4. The van der Waals surface area contributed by atoms with E-state index >= 15 is 0 Å². The first-order valence-corrected chi connectivity index (χ1v) is 12.3. The Labute approximate surface area is 208 Å². The molecule has 0 saturated heterocycles. The van der Waals surface area contributed by atoms with Gasteiger partial charge in [0, 0.05) is 25.3 Å². The number of hydrogen-bond donors (Lipinski definition) is 1. The topological polar surface area (TPSA) is 79.0 Å². The highest BCUT2D eigenvalue weighted by molar-refractivity contribution is 6.13. The second-order valence-corrected chi connectivity index (χ2v) is 9.70. The maximum atomic E-state index is 13.2. The third-order valence-corrected chi connectivity index (χ3v) is 6.43. The maximum Gasteiger partial charge on any atom is 0.335 e. The molecule has 0 aliphatic heterocycles. The number of ether oxygens (including phenoxy) is 1. The molecule has 1 aliphatic carbocycles. The van der Waals surface area contributed by atoms with Crippen molar-refractivity contribution in [2.75, 3.05) is 16.8 Å². The van der Waals surface area contributed by atoms with E-state index < -0.39 is 6.03 Å². The molecule has 7 heteroatoms. The molecule has 2 aromatic rings. The van der Waals surface area contributed by atoms with Crippen LogP contribution in [0.4, 0.5) is 16.2 Å². The van der Waals surface area contributed by atoms with E-state index in [2.05, 4.69) is 11.4 Å². The number of hydrogen-bond acceptors (Lipinski definition) is 5. The highest BCUT2D eigenvalue weighted by Gasteiger charge is 2.23. The fraction of sp³-hybridized carbons (Fsp3) is 0.464. The van der Waals surface area contributed by atoms with Crippen LogP contribution in [0.3, 0.4) is 0 Å². The molecule has 3 rings (SSSR count). The molecule has 0 bridgehead atoms. The van der Waals surface area contributed by atoms with E-state index in [0.29, 0.717) is 24.6 Å². The molecule has 1 aliphatic rings. The first-order valence-electron chi connectivity index (χ1n) is 12.3. The molecule has 1 unspecified atom stereocenters. The van der Waals surface area contributed by atoms with Crippen LogP contribution in [0.25, 0.3) is 0 Å². The molecule has 0 spiro atoms. The average Bonchev–Trinajstić information content (AvgIpc) is 2.78. The molecule has 3 amide bonds. The molecular weight excluding hydrogens is 442 g/mol. The molecule has 188 valence electrons. The Kier molecular flexibility index (Phi) is 9.04. The number of nitrogens with zero attached hydrogens (tertiary/aromatic N) is 2. The Morgan fingerprint density at radius 1 is 1.09 bits per heavy atom. The summed E-state index contributed by atoms with van der Waals surface area (Å²) in [5.74, 6) is -0.524. The van der Waals surface area contributed by atoms with Crippen molar-refractivity contribution < 1.29 is 19.1 Å². The van der Waals surface area contributed by atoms with Gasteiger partial charge in [0.25, 0.3) is 0 Å². The van der Waals surface area contributed by atoms with Crippen LogP contribution in [0.1, 0.15) is 56.7 Å². The second kappa shape index (κ2) is 12.0. The van der Waals surface area contributed by atoms with Crippen molar-refractivity contribution >= 4 is 29.8 Å². The normalized spacial score (nSPS) is 14.2. The molecule has 0 aromatic heterocycles. The number of aryl methyl sites for hydroxylation is 1. The molecule has 1 N–H and O–H groups in total. The molecule has 2 aromatic carbocycles. The lowest BCUT2D eigenvalue weighted by Gasteiger charge is -2.27. The van der Waals surface area contributed by atoms with Gasteiger partial charge in [-0.25, -0.2) is 9.69 Å². The molecule has 35 heavy (non-hydrogen) atoms. The molecule has 7 nitrogen and oxygen atoms in total. The standard InChI is InChI=1S/C28H37N3O4/c1-19(2)35-27(33)21(4)16-22-9-12-25(13-10-22)31(18-32)28(34)30(5)26-14-11-23(15-20(26)3)17-29-24-7-6-8-24/h9-15,18-19,21,24,29H,6-8,16-17H2,1-5H3. The van der Waals surface area contributed by atoms with Crippen LogP contribution in [0.15, 0.2) is 42.5 Å². The van der Waals surface area contributed by atoms with Crippen molar-refractivity contribution in [3.63, 3.8) is 0 Å². The number of rotatable bonds is 10. The summed E-state index contributed by atoms with van der Waals surface area (Å²) in [7, 11) is 1.67. The Balaban J connectivity index is 1.65. The van der Waals surface area contributed by atoms with E-state index in [1.165, 1.54) is 29.7 Å². The van der Waals surface area contributed by atoms with Crippen molar-refractivity contribution in [1.82, 2.24) is 5.32 Å². The molecule has 1 atom stereocenters. The van der Waals surface area contributed by atoms with Gasteiger partial charge < -0.3 is 10.1 Å². The quantitative estimate of drug-likeness (QED) is 0.384. The third-order valence-electron chi connectivity index (χ3n) is 6.43. The van der Waals surface area contributed by atoms with Gasteiger partial charge in [0.15, 0.2) is 0 Å². The number of benzene rings is 2. The van der Waals surface area contributed by atoms with Gasteiger partial charge in [0.1, 0.15) is 0 Å². The fourth-order valence-corrected chi connectivity index (χ4v) is 4.14. The molecule has 0 heterocycles. The van der Waals surface area contributed by atoms with Gasteiger partial charge in [-0.1, -0.05) is 37.6 Å². The van der Waals surface area contributed by atoms with E-state index in [0.717, 1.165) is 28.3 Å². The first kappa shape index (κ1) is 26.4. The van der Waals surface area contributed by atoms with Crippen LogP contribution in [0.5, 0.6) is 0 Å². The smallest absolute Gasteiger partial charge is 0.335 e. The SMILES string of the molecule is Cc1cc(CNC2CCC2)ccc1N(C)C(=O)N(C=O)c1ccc(CC(C)C(=O)OC(C)C)cc1. The van der Waals surface area contributed by atoms with Gasteiger partial charge in [-0.3, -0.25) is 14.5 Å². The third kappa shape index (κ3) is 6.92. The van der Waals surface area contributed by atoms with E-state index in [1.54, 1.807) is 19.2 Å². The Hall–Kier alpha value is -3.19. The van der Waals surface area contributed by atoms with Crippen molar-refractivity contribution in [2.24, 2.45) is 5.92 Å². The summed E-state index contributed by atoms with van der Waals surface area (Å²) in [4.78, 5) is 39.7. The minimum atomic E-state index is -0.440. The van der Waals surface area contributed by atoms with E-state index in [-0.39, 0.29) is 18.0 Å². The van der Waals surface area contributed by atoms with Gasteiger partial charge in [-0.2, -0.15) is 0 Å². The highest BCUT2D eigenvalue weighted by atomic mass is 16.5. The van der Waals surface area contributed by atoms with Crippen LogP contribution in [-0.4, -0.2) is 37.6 Å². The lowest BCUT2D eigenvalue weighted by Crippen LogP contribution is -2.41. The van der Waals surface area contributed by atoms with Crippen LogP contribution >= 0.6 is 0 Å². The summed E-state index contributed by atoms with van der Waals surface area (Å²) in [5, 5.41) is 3.55. The largest absolute Gasteiger partial charge is 0.463 e. The van der Waals surface area contributed by atoms with E-state index in [1.807, 2.05) is 52.0 Å². The molecule has 0 radical (unpaired) electrons. The van der Waals surface area contributed by atoms with Gasteiger partial charge in [0.05, 0.1) is 17.7 Å². The number of esters is 1. The van der Waals surface area contributed by atoms with Crippen LogP contribution in [-0.2, 0) is 27.3 Å². The number of anilines is 2. The zero-order valence-electron chi connectivity index (χ0n) is 21.4. The van der Waals surface area contributed by atoms with E-state index in [9.17, 15) is 14.4 Å². The minimum Gasteiger partial charge on any atom is -0.463 e. The van der Waals surface area contributed by atoms with Crippen LogP contribution in [0.2, 0.25) is 0 Å². The number of carbonyl (C=O) groups is 3. The monoisotopic (exact) mass is 479 g/mol. The number of amides is 3. The average molecular weight is 480 g/mol. The van der Waals surface area contributed by atoms with Gasteiger partial charge in [-0.05, 0) is 74.9 Å². The number of urea groups is 1. The number of imide groups is 1. The lowest BCUT2D eigenvalue weighted by molar-refractivity contribution is -0.151. The van der Waals surface area contributed by atoms with Crippen molar-refractivity contribution in [2.45, 2.75) is 72.1 Å². The van der Waals surface area contributed by atoms with Crippen molar-refractivity contribution in [3.05, 3.63) is 59.2 Å². The van der Waals surface area contributed by atoms with Crippen molar-refractivity contribution in [3.8, 4) is 0 Å². The Bertz CT molecular complexity index is 1030. The summed E-state index contributed by atoms with van der Waals surface area (Å²) in [5.41, 5.74) is 4.29. The summed E-state index contributed by atoms with van der Waals surface area (Å²) >= 11 is 0. The lowest BCUT2D eigenvalue weighted by atomic mass is 9.93. The van der Waals surface area contributed by atoms with Gasteiger partial charge in [-0.15, -0.1) is 0 Å². The first-order chi connectivity index (χ1) is 16.7. The van der Waals surface area contributed by atoms with Gasteiger partial charge in [0.2, 0.25) is 6.41 Å². The summed E-state index contributed by atoms with van der Waals surface area (Å²) in [6.07, 6.45) is 4.66. The minimum absolute atomic E-state index is 0.152. The summed E-state index contributed by atoms with van der Waals surface area (Å²) in [6.45, 7) is 8.25.